The van der Waals surface area contributed by atoms with Crippen LogP contribution in [0.5, 0.6) is 0 Å². The molecule has 0 spiro atoms. The average molecular weight is 299 g/mol. The molecular weight excluding hydrogens is 292 g/mol. The summed E-state index contributed by atoms with van der Waals surface area (Å²) < 4.78 is 51.3. The number of aromatic nitrogens is 2. The van der Waals surface area contributed by atoms with E-state index in [0.29, 0.717) is 16.1 Å². The molecule has 0 unspecified atom stereocenters. The summed E-state index contributed by atoms with van der Waals surface area (Å²) in [5.74, 6) is -4.13. The van der Waals surface area contributed by atoms with Crippen molar-refractivity contribution in [1.82, 2.24) is 9.55 Å². The molecule has 1 heterocycles. The molecule has 0 aliphatic heterocycles. The minimum atomic E-state index is -4.13. The molecule has 2 nitrogen and oxygen atoms in total. The van der Waals surface area contributed by atoms with Crippen molar-refractivity contribution < 1.29 is 17.6 Å². The third-order valence-electron chi connectivity index (χ3n) is 2.42. The van der Waals surface area contributed by atoms with Crippen molar-refractivity contribution in [3.8, 4) is 0 Å². The molecule has 98 valence electrons. The van der Waals surface area contributed by atoms with Crippen LogP contribution in [0.15, 0.2) is 18.2 Å². The molecule has 1 N–H and O–H groups in total. The van der Waals surface area contributed by atoms with Crippen LogP contribution in [0.3, 0.4) is 0 Å². The summed E-state index contributed by atoms with van der Waals surface area (Å²) in [4.78, 5) is 2.64. The van der Waals surface area contributed by atoms with E-state index in [1.54, 1.807) is 0 Å². The maximum Gasteiger partial charge on any atom is 0.324 e. The molecule has 0 amide bonds. The van der Waals surface area contributed by atoms with Crippen molar-refractivity contribution in [2.75, 3.05) is 0 Å². The average Bonchev–Trinajstić information content (AvgIpc) is 2.54. The van der Waals surface area contributed by atoms with Gasteiger partial charge in [-0.3, -0.25) is 0 Å². The highest BCUT2D eigenvalue weighted by molar-refractivity contribution is 7.71. The van der Waals surface area contributed by atoms with E-state index in [1.165, 1.54) is 18.2 Å². The quantitative estimate of drug-likeness (QED) is 0.663. The van der Waals surface area contributed by atoms with Crippen LogP contribution in [0.1, 0.15) is 0 Å². The number of alkyl halides is 4. The van der Waals surface area contributed by atoms with E-state index < -0.39 is 18.9 Å². The zero-order valence-electron chi connectivity index (χ0n) is 8.76. The molecule has 2 aromatic rings. The molecule has 0 saturated heterocycles. The van der Waals surface area contributed by atoms with Gasteiger partial charge in [0, 0.05) is 5.02 Å². The number of aromatic amines is 1. The van der Waals surface area contributed by atoms with Crippen molar-refractivity contribution >= 4 is 34.9 Å². The van der Waals surface area contributed by atoms with Gasteiger partial charge in [-0.1, -0.05) is 11.6 Å². The molecule has 0 aliphatic rings. The number of benzene rings is 1. The van der Waals surface area contributed by atoms with E-state index in [-0.39, 0.29) is 4.77 Å². The van der Waals surface area contributed by atoms with Crippen molar-refractivity contribution in [3.05, 3.63) is 28.0 Å². The van der Waals surface area contributed by atoms with E-state index in [4.69, 9.17) is 23.8 Å². The fourth-order valence-corrected chi connectivity index (χ4v) is 2.02. The molecular formula is C10H7ClF4N2S. The van der Waals surface area contributed by atoms with Crippen LogP contribution in [0.4, 0.5) is 17.6 Å². The summed E-state index contributed by atoms with van der Waals surface area (Å²) in [7, 11) is 0. The molecule has 0 bridgehead atoms. The molecule has 0 fully saturated rings. The third-order valence-corrected chi connectivity index (χ3v) is 2.98. The van der Waals surface area contributed by atoms with Crippen molar-refractivity contribution in [2.45, 2.75) is 18.9 Å². The second kappa shape index (κ2) is 4.55. The summed E-state index contributed by atoms with van der Waals surface area (Å²) in [5, 5.41) is 0.395. The van der Waals surface area contributed by atoms with Gasteiger partial charge in [0.1, 0.15) is 0 Å². The normalized spacial score (nSPS) is 12.6. The second-order valence-electron chi connectivity index (χ2n) is 3.74. The van der Waals surface area contributed by atoms with Gasteiger partial charge in [0.05, 0.1) is 17.6 Å². The molecule has 1 aromatic carbocycles. The fraction of sp³-hybridized carbons (Fsp3) is 0.300. The Morgan fingerprint density at radius 3 is 2.67 bits per heavy atom. The number of nitrogens with zero attached hydrogens (tertiary/aromatic N) is 1. The van der Waals surface area contributed by atoms with Crippen LogP contribution < -0.4 is 0 Å². The lowest BCUT2D eigenvalue weighted by Crippen LogP contribution is -2.32. The van der Waals surface area contributed by atoms with Crippen molar-refractivity contribution in [1.29, 1.82) is 0 Å². The second-order valence-corrected chi connectivity index (χ2v) is 4.56. The summed E-state index contributed by atoms with van der Waals surface area (Å²) in [6.07, 6.45) is -3.74. The Hall–Kier alpha value is -1.08. The molecule has 0 atom stereocenters. The van der Waals surface area contributed by atoms with Gasteiger partial charge in [-0.25, -0.2) is 8.78 Å². The first-order valence-corrected chi connectivity index (χ1v) is 5.64. The third kappa shape index (κ3) is 2.37. The number of halogens is 5. The Labute approximate surface area is 109 Å². The number of hydrogen-bond acceptors (Lipinski definition) is 1. The standard InChI is InChI=1S/C10H7ClF4N2S/c11-5-1-2-7-6(3-5)16-9(18)17(7)4-10(14,15)8(12)13/h1-3,8H,4H2,(H,16,18). The fourth-order valence-electron chi connectivity index (χ4n) is 1.57. The van der Waals surface area contributed by atoms with Crippen molar-refractivity contribution in [3.63, 3.8) is 0 Å². The predicted molar refractivity (Wildman–Crippen MR) is 63.1 cm³/mol. The van der Waals surface area contributed by atoms with Gasteiger partial charge in [0.2, 0.25) is 0 Å². The van der Waals surface area contributed by atoms with Gasteiger partial charge >= 0.3 is 12.3 Å². The monoisotopic (exact) mass is 298 g/mol. The van der Waals surface area contributed by atoms with Crippen LogP contribution in [-0.4, -0.2) is 21.9 Å². The number of fused-ring (bicyclic) bond motifs is 1. The molecule has 0 saturated carbocycles. The van der Waals surface area contributed by atoms with Gasteiger partial charge in [-0.2, -0.15) is 8.78 Å². The first kappa shape index (κ1) is 13.4. The minimum Gasteiger partial charge on any atom is -0.331 e. The van der Waals surface area contributed by atoms with E-state index in [1.807, 2.05) is 0 Å². The van der Waals surface area contributed by atoms with Crippen LogP contribution in [-0.2, 0) is 6.54 Å². The molecule has 0 radical (unpaired) electrons. The van der Waals surface area contributed by atoms with Gasteiger partial charge < -0.3 is 9.55 Å². The van der Waals surface area contributed by atoms with Crippen molar-refractivity contribution in [2.24, 2.45) is 0 Å². The van der Waals surface area contributed by atoms with Crippen LogP contribution in [0.25, 0.3) is 11.0 Å². The zero-order valence-corrected chi connectivity index (χ0v) is 10.3. The SMILES string of the molecule is FC(F)C(F)(F)Cn1c(=S)[nH]c2cc(Cl)ccc21. The Kier molecular flexibility index (Phi) is 3.37. The first-order chi connectivity index (χ1) is 8.31. The van der Waals surface area contributed by atoms with Gasteiger partial charge in [0.25, 0.3) is 0 Å². The van der Waals surface area contributed by atoms with Gasteiger partial charge in [0.15, 0.2) is 4.77 Å². The van der Waals surface area contributed by atoms with Gasteiger partial charge in [-0.05, 0) is 30.4 Å². The Morgan fingerprint density at radius 1 is 1.39 bits per heavy atom. The maximum atomic E-state index is 13.0. The molecule has 18 heavy (non-hydrogen) atoms. The summed E-state index contributed by atoms with van der Waals surface area (Å²) >= 11 is 10.6. The largest absolute Gasteiger partial charge is 0.331 e. The minimum absolute atomic E-state index is 0.0485. The Bertz CT molecular complexity index is 634. The highest BCUT2D eigenvalue weighted by Crippen LogP contribution is 2.27. The lowest BCUT2D eigenvalue weighted by atomic mass is 10.3. The van der Waals surface area contributed by atoms with E-state index in [0.717, 1.165) is 4.57 Å². The lowest BCUT2D eigenvalue weighted by molar-refractivity contribution is -0.137. The first-order valence-electron chi connectivity index (χ1n) is 4.85. The highest BCUT2D eigenvalue weighted by Gasteiger charge is 2.41. The molecule has 8 heteroatoms. The smallest absolute Gasteiger partial charge is 0.324 e. The lowest BCUT2D eigenvalue weighted by Gasteiger charge is -2.16. The van der Waals surface area contributed by atoms with Crippen LogP contribution in [0.2, 0.25) is 5.02 Å². The van der Waals surface area contributed by atoms with E-state index in [2.05, 4.69) is 4.98 Å². The molecule has 2 rings (SSSR count). The maximum absolute atomic E-state index is 13.0. The van der Waals surface area contributed by atoms with Gasteiger partial charge in [-0.15, -0.1) is 0 Å². The number of rotatable bonds is 3. The number of nitrogens with one attached hydrogen (secondary N) is 1. The number of hydrogen-bond donors (Lipinski definition) is 1. The number of imidazole rings is 1. The van der Waals surface area contributed by atoms with E-state index in [9.17, 15) is 17.6 Å². The molecule has 1 aromatic heterocycles. The Balaban J connectivity index is 2.52. The van der Waals surface area contributed by atoms with Crippen LogP contribution >= 0.6 is 23.8 Å². The summed E-state index contributed by atoms with van der Waals surface area (Å²) in [5.41, 5.74) is 0.738. The predicted octanol–water partition coefficient (Wildman–Crippen LogP) is 4.25. The zero-order chi connectivity index (χ0) is 13.5. The van der Waals surface area contributed by atoms with Crippen LogP contribution in [0, 0.1) is 4.77 Å². The number of H-pyrrole nitrogens is 1. The highest BCUT2D eigenvalue weighted by atomic mass is 35.5. The summed E-state index contributed by atoms with van der Waals surface area (Å²) in [6, 6.07) is 4.42. The summed E-state index contributed by atoms with van der Waals surface area (Å²) in [6.45, 7) is -1.18. The Morgan fingerprint density at radius 2 is 2.06 bits per heavy atom. The molecule has 0 aliphatic carbocycles. The van der Waals surface area contributed by atoms with E-state index >= 15 is 0 Å². The topological polar surface area (TPSA) is 20.7 Å².